The number of hydrogen-bond acceptors (Lipinski definition) is 6. The molecular weight excluding hydrogens is 334 g/mol. The van der Waals surface area contributed by atoms with Gasteiger partial charge in [-0.25, -0.2) is 9.67 Å². The number of aromatic nitrogens is 3. The van der Waals surface area contributed by atoms with E-state index in [0.29, 0.717) is 6.54 Å². The van der Waals surface area contributed by atoms with E-state index in [9.17, 15) is 4.79 Å². The van der Waals surface area contributed by atoms with Crippen molar-refractivity contribution in [3.05, 3.63) is 42.5 Å². The first kappa shape index (κ1) is 18.3. The predicted molar refractivity (Wildman–Crippen MR) is 95.7 cm³/mol. The molecule has 26 heavy (non-hydrogen) atoms. The number of rotatable bonds is 8. The Morgan fingerprint density at radius 3 is 3.00 bits per heavy atom. The summed E-state index contributed by atoms with van der Waals surface area (Å²) in [6.07, 6.45) is 2.79. The number of nitrogens with zero attached hydrogens (tertiary/aromatic N) is 4. The summed E-state index contributed by atoms with van der Waals surface area (Å²) in [6.45, 7) is 6.92. The van der Waals surface area contributed by atoms with E-state index in [0.717, 1.165) is 38.6 Å². The van der Waals surface area contributed by atoms with Gasteiger partial charge in [0.15, 0.2) is 0 Å². The highest BCUT2D eigenvalue weighted by molar-refractivity contribution is 5.75. The van der Waals surface area contributed by atoms with Crippen LogP contribution in [0.2, 0.25) is 0 Å². The van der Waals surface area contributed by atoms with Gasteiger partial charge >= 0.3 is 0 Å². The van der Waals surface area contributed by atoms with Gasteiger partial charge in [0, 0.05) is 19.6 Å². The van der Waals surface area contributed by atoms with Crippen LogP contribution >= 0.6 is 0 Å². The van der Waals surface area contributed by atoms with Crippen molar-refractivity contribution in [3.63, 3.8) is 0 Å². The summed E-state index contributed by atoms with van der Waals surface area (Å²) in [7, 11) is 0. The SMILES string of the molecule is CC(CNC(=O)Cn1cncn1)Oc1cccc(CN2CCOCC2)c1. The van der Waals surface area contributed by atoms with E-state index >= 15 is 0 Å². The molecule has 1 amide bonds. The normalized spacial score (nSPS) is 16.2. The molecule has 0 spiro atoms. The lowest BCUT2D eigenvalue weighted by Crippen LogP contribution is -2.36. The van der Waals surface area contributed by atoms with Gasteiger partial charge in [0.2, 0.25) is 5.91 Å². The molecule has 1 N–H and O–H groups in total. The highest BCUT2D eigenvalue weighted by atomic mass is 16.5. The molecule has 1 fully saturated rings. The Hall–Kier alpha value is -2.45. The first-order valence-electron chi connectivity index (χ1n) is 8.84. The summed E-state index contributed by atoms with van der Waals surface area (Å²) in [5.74, 6) is 0.695. The van der Waals surface area contributed by atoms with Crippen LogP contribution in [-0.2, 0) is 22.6 Å². The van der Waals surface area contributed by atoms with E-state index in [1.165, 1.54) is 22.9 Å². The second kappa shape index (κ2) is 9.30. The molecule has 1 saturated heterocycles. The number of benzene rings is 1. The van der Waals surface area contributed by atoms with Crippen molar-refractivity contribution in [3.8, 4) is 5.75 Å². The Labute approximate surface area is 153 Å². The average Bonchev–Trinajstić information content (AvgIpc) is 3.14. The summed E-state index contributed by atoms with van der Waals surface area (Å²) in [5.41, 5.74) is 1.21. The highest BCUT2D eigenvalue weighted by Crippen LogP contribution is 2.17. The van der Waals surface area contributed by atoms with Gasteiger partial charge in [-0.3, -0.25) is 9.69 Å². The van der Waals surface area contributed by atoms with Crippen molar-refractivity contribution >= 4 is 5.91 Å². The summed E-state index contributed by atoms with van der Waals surface area (Å²) in [6, 6.07) is 8.10. The van der Waals surface area contributed by atoms with Crippen LogP contribution < -0.4 is 10.1 Å². The number of morpholine rings is 1. The molecule has 8 nitrogen and oxygen atoms in total. The van der Waals surface area contributed by atoms with Crippen molar-refractivity contribution in [2.75, 3.05) is 32.8 Å². The lowest BCUT2D eigenvalue weighted by Gasteiger charge is -2.26. The Balaban J connectivity index is 1.43. The number of hydrogen-bond donors (Lipinski definition) is 1. The summed E-state index contributed by atoms with van der Waals surface area (Å²) in [5, 5.41) is 6.76. The molecule has 2 heterocycles. The predicted octanol–water partition coefficient (Wildman–Crippen LogP) is 0.694. The molecule has 0 aliphatic carbocycles. The molecule has 1 unspecified atom stereocenters. The van der Waals surface area contributed by atoms with E-state index < -0.39 is 0 Å². The van der Waals surface area contributed by atoms with Crippen LogP contribution in [0.4, 0.5) is 0 Å². The van der Waals surface area contributed by atoms with Gasteiger partial charge in [-0.15, -0.1) is 0 Å². The van der Waals surface area contributed by atoms with E-state index in [-0.39, 0.29) is 18.6 Å². The van der Waals surface area contributed by atoms with Crippen LogP contribution in [0.15, 0.2) is 36.9 Å². The second-order valence-electron chi connectivity index (χ2n) is 6.36. The fourth-order valence-electron chi connectivity index (χ4n) is 2.78. The third-order valence-corrected chi connectivity index (χ3v) is 4.10. The van der Waals surface area contributed by atoms with E-state index in [1.807, 2.05) is 19.1 Å². The molecule has 8 heteroatoms. The van der Waals surface area contributed by atoms with Crippen LogP contribution in [0.5, 0.6) is 5.75 Å². The van der Waals surface area contributed by atoms with Crippen molar-refractivity contribution in [2.24, 2.45) is 0 Å². The molecule has 2 aromatic rings. The van der Waals surface area contributed by atoms with Gasteiger partial charge < -0.3 is 14.8 Å². The zero-order valence-corrected chi connectivity index (χ0v) is 15.0. The molecular formula is C18H25N5O3. The largest absolute Gasteiger partial charge is 0.489 e. The third kappa shape index (κ3) is 5.82. The number of ether oxygens (including phenoxy) is 2. The molecule has 1 aromatic carbocycles. The fourth-order valence-corrected chi connectivity index (χ4v) is 2.78. The number of nitrogens with one attached hydrogen (secondary N) is 1. The zero-order valence-electron chi connectivity index (χ0n) is 15.0. The van der Waals surface area contributed by atoms with Gasteiger partial charge in [0.1, 0.15) is 31.1 Å². The minimum Gasteiger partial charge on any atom is -0.489 e. The van der Waals surface area contributed by atoms with Crippen LogP contribution in [0.25, 0.3) is 0 Å². The molecule has 0 bridgehead atoms. The van der Waals surface area contributed by atoms with Crippen molar-refractivity contribution < 1.29 is 14.3 Å². The highest BCUT2D eigenvalue weighted by Gasteiger charge is 2.12. The molecule has 3 rings (SSSR count). The molecule has 0 saturated carbocycles. The van der Waals surface area contributed by atoms with Crippen LogP contribution in [-0.4, -0.2) is 64.5 Å². The maximum atomic E-state index is 11.9. The summed E-state index contributed by atoms with van der Waals surface area (Å²) >= 11 is 0. The third-order valence-electron chi connectivity index (χ3n) is 4.10. The first-order valence-corrected chi connectivity index (χ1v) is 8.84. The standard InChI is InChI=1S/C18H25N5O3/c1-15(10-20-18(24)12-23-14-19-13-21-23)26-17-4-2-3-16(9-17)11-22-5-7-25-8-6-22/h2-4,9,13-15H,5-8,10-12H2,1H3,(H,20,24). The van der Waals surface area contributed by atoms with Gasteiger partial charge in [-0.2, -0.15) is 5.10 Å². The second-order valence-corrected chi connectivity index (χ2v) is 6.36. The van der Waals surface area contributed by atoms with Crippen LogP contribution in [0.3, 0.4) is 0 Å². The van der Waals surface area contributed by atoms with Crippen molar-refractivity contribution in [1.82, 2.24) is 25.0 Å². The minimum absolute atomic E-state index is 0.119. The Kier molecular flexibility index (Phi) is 6.56. The van der Waals surface area contributed by atoms with Crippen molar-refractivity contribution in [2.45, 2.75) is 26.1 Å². The van der Waals surface area contributed by atoms with Gasteiger partial charge in [0.25, 0.3) is 0 Å². The van der Waals surface area contributed by atoms with E-state index in [2.05, 4.69) is 32.4 Å². The van der Waals surface area contributed by atoms with Gasteiger partial charge in [-0.1, -0.05) is 12.1 Å². The Morgan fingerprint density at radius 1 is 1.38 bits per heavy atom. The number of amides is 1. The van der Waals surface area contributed by atoms with Crippen LogP contribution in [0, 0.1) is 0 Å². The first-order chi connectivity index (χ1) is 12.7. The molecule has 0 radical (unpaired) electrons. The molecule has 1 atom stereocenters. The van der Waals surface area contributed by atoms with E-state index in [4.69, 9.17) is 9.47 Å². The van der Waals surface area contributed by atoms with E-state index in [1.54, 1.807) is 0 Å². The van der Waals surface area contributed by atoms with Crippen molar-refractivity contribution in [1.29, 1.82) is 0 Å². The Bertz CT molecular complexity index is 686. The summed E-state index contributed by atoms with van der Waals surface area (Å²) < 4.78 is 12.8. The number of carbonyl (C=O) groups is 1. The smallest absolute Gasteiger partial charge is 0.241 e. The fraction of sp³-hybridized carbons (Fsp3) is 0.500. The molecule has 1 aliphatic heterocycles. The van der Waals surface area contributed by atoms with Gasteiger partial charge in [0.05, 0.1) is 19.8 Å². The number of carbonyl (C=O) groups excluding carboxylic acids is 1. The molecule has 1 aromatic heterocycles. The topological polar surface area (TPSA) is 81.5 Å². The maximum Gasteiger partial charge on any atom is 0.241 e. The lowest BCUT2D eigenvalue weighted by atomic mass is 10.2. The monoisotopic (exact) mass is 359 g/mol. The molecule has 140 valence electrons. The summed E-state index contributed by atoms with van der Waals surface area (Å²) in [4.78, 5) is 18.1. The Morgan fingerprint density at radius 2 is 2.23 bits per heavy atom. The lowest BCUT2D eigenvalue weighted by molar-refractivity contribution is -0.122. The average molecular weight is 359 g/mol. The maximum absolute atomic E-state index is 11.9. The quantitative estimate of drug-likeness (QED) is 0.747. The zero-order chi connectivity index (χ0) is 18.2. The van der Waals surface area contributed by atoms with Gasteiger partial charge in [-0.05, 0) is 24.6 Å². The molecule has 1 aliphatic rings. The minimum atomic E-state index is -0.131. The van der Waals surface area contributed by atoms with Crippen LogP contribution in [0.1, 0.15) is 12.5 Å².